The number of carbonyl (C=O) groups is 3. The molecule has 2 amide bonds. The minimum atomic E-state index is -0.833. The van der Waals surface area contributed by atoms with Crippen LogP contribution in [0.5, 0.6) is 5.75 Å². The van der Waals surface area contributed by atoms with E-state index in [9.17, 15) is 14.4 Å². The Morgan fingerprint density at radius 1 is 1.09 bits per heavy atom. The summed E-state index contributed by atoms with van der Waals surface area (Å²) in [5.41, 5.74) is 1.49. The van der Waals surface area contributed by atoms with Gasteiger partial charge in [0.05, 0.1) is 31.8 Å². The first-order valence-electron chi connectivity index (χ1n) is 16.2. The maximum absolute atomic E-state index is 14.4. The van der Waals surface area contributed by atoms with Crippen molar-refractivity contribution in [1.82, 2.24) is 20.4 Å². The van der Waals surface area contributed by atoms with Crippen LogP contribution >= 0.6 is 0 Å². The smallest absolute Gasteiger partial charge is 0.287 e. The molecule has 0 bridgehead atoms. The predicted octanol–water partition coefficient (Wildman–Crippen LogP) is 4.20. The van der Waals surface area contributed by atoms with Crippen LogP contribution in [-0.4, -0.2) is 92.0 Å². The number of nitrogens with zero attached hydrogens (tertiary/aromatic N) is 2. The van der Waals surface area contributed by atoms with E-state index >= 15 is 0 Å². The van der Waals surface area contributed by atoms with Gasteiger partial charge in [-0.3, -0.25) is 19.3 Å². The lowest BCUT2D eigenvalue weighted by atomic mass is 9.96. The number of furan rings is 1. The molecule has 0 spiro atoms. The molecule has 45 heavy (non-hydrogen) atoms. The molecule has 2 aromatic carbocycles. The SMILES string of the molecule is CC(C)C[C@H](NC(=O)c1cc2cc(OCCN3CCOCC3)ccc2o1)C(=O)N(C1CCCNCC1=O)C(C)c1ccccc1. The van der Waals surface area contributed by atoms with Gasteiger partial charge in [0.2, 0.25) is 5.91 Å². The van der Waals surface area contributed by atoms with Gasteiger partial charge in [-0.05, 0) is 68.5 Å². The molecule has 2 saturated heterocycles. The van der Waals surface area contributed by atoms with Crippen LogP contribution < -0.4 is 15.4 Å². The highest BCUT2D eigenvalue weighted by atomic mass is 16.5. The zero-order chi connectivity index (χ0) is 31.8. The number of carbonyl (C=O) groups excluding carboxylic acids is 3. The second-order valence-electron chi connectivity index (χ2n) is 12.4. The molecule has 1 aromatic heterocycles. The van der Waals surface area contributed by atoms with Crippen molar-refractivity contribution in [2.45, 2.75) is 58.2 Å². The Morgan fingerprint density at radius 3 is 2.62 bits per heavy atom. The second kappa shape index (κ2) is 15.5. The van der Waals surface area contributed by atoms with Gasteiger partial charge in [-0.15, -0.1) is 0 Å². The maximum Gasteiger partial charge on any atom is 0.287 e. The van der Waals surface area contributed by atoms with E-state index in [0.29, 0.717) is 30.8 Å². The summed E-state index contributed by atoms with van der Waals surface area (Å²) >= 11 is 0. The Hall–Kier alpha value is -3.73. The van der Waals surface area contributed by atoms with Crippen molar-refractivity contribution in [3.8, 4) is 5.75 Å². The van der Waals surface area contributed by atoms with E-state index in [1.807, 2.05) is 63.2 Å². The number of Topliss-reactive ketones (excluding diaryl/α,β-unsaturated/α-hetero) is 1. The second-order valence-corrected chi connectivity index (χ2v) is 12.4. The Bertz CT molecular complexity index is 1430. The van der Waals surface area contributed by atoms with Crippen molar-refractivity contribution in [3.05, 3.63) is 65.9 Å². The van der Waals surface area contributed by atoms with Crippen LogP contribution in [0, 0.1) is 5.92 Å². The van der Waals surface area contributed by atoms with E-state index in [0.717, 1.165) is 56.8 Å². The monoisotopic (exact) mass is 618 g/mol. The van der Waals surface area contributed by atoms with Gasteiger partial charge in [-0.25, -0.2) is 0 Å². The topological polar surface area (TPSA) is 113 Å². The van der Waals surface area contributed by atoms with Crippen LogP contribution in [0.15, 0.2) is 59.0 Å². The Labute approximate surface area is 265 Å². The number of ketones is 1. The zero-order valence-corrected chi connectivity index (χ0v) is 26.6. The van der Waals surface area contributed by atoms with Gasteiger partial charge in [-0.2, -0.15) is 0 Å². The van der Waals surface area contributed by atoms with Gasteiger partial charge in [-0.1, -0.05) is 44.2 Å². The largest absolute Gasteiger partial charge is 0.492 e. The van der Waals surface area contributed by atoms with Crippen LogP contribution in [0.25, 0.3) is 11.0 Å². The summed E-state index contributed by atoms with van der Waals surface area (Å²) in [7, 11) is 0. The van der Waals surface area contributed by atoms with Gasteiger partial charge in [0, 0.05) is 25.0 Å². The standard InChI is InChI=1S/C35H46N4O6/c1-24(2)20-29(35(42)39(25(3)26-8-5-4-6-9-26)30-10-7-13-36-23-31(30)40)37-34(41)33-22-27-21-28(11-12-32(27)45-33)44-19-16-38-14-17-43-18-15-38/h4-6,8-9,11-12,21-22,24-25,29-30,36H,7,10,13-20,23H2,1-3H3,(H,37,41)/t25?,29-,30?/m0/s1. The highest BCUT2D eigenvalue weighted by Crippen LogP contribution is 2.29. The van der Waals surface area contributed by atoms with E-state index in [-0.39, 0.29) is 36.0 Å². The third kappa shape index (κ3) is 8.51. The molecule has 10 heteroatoms. The molecule has 0 aliphatic carbocycles. The van der Waals surface area contributed by atoms with Crippen LogP contribution in [0.3, 0.4) is 0 Å². The number of rotatable bonds is 12. The number of benzene rings is 2. The highest BCUT2D eigenvalue weighted by molar-refractivity contribution is 5.99. The average molecular weight is 619 g/mol. The quantitative estimate of drug-likeness (QED) is 0.311. The first kappa shape index (κ1) is 32.7. The van der Waals surface area contributed by atoms with Gasteiger partial charge < -0.3 is 29.4 Å². The molecule has 2 fully saturated rings. The predicted molar refractivity (Wildman–Crippen MR) is 172 cm³/mol. The number of hydrogen-bond acceptors (Lipinski definition) is 8. The Balaban J connectivity index is 1.33. The summed E-state index contributed by atoms with van der Waals surface area (Å²) in [6.07, 6.45) is 1.77. The zero-order valence-electron chi connectivity index (χ0n) is 26.6. The normalized spacial score (nSPS) is 19.2. The summed E-state index contributed by atoms with van der Waals surface area (Å²) < 4.78 is 17.3. The van der Waals surface area contributed by atoms with Crippen LogP contribution in [0.1, 0.15) is 62.2 Å². The molecule has 2 aliphatic heterocycles. The molecular weight excluding hydrogens is 572 g/mol. The van der Waals surface area contributed by atoms with E-state index in [4.69, 9.17) is 13.9 Å². The van der Waals surface area contributed by atoms with E-state index in [2.05, 4.69) is 15.5 Å². The third-order valence-electron chi connectivity index (χ3n) is 8.59. The summed E-state index contributed by atoms with van der Waals surface area (Å²) in [5, 5.41) is 6.88. The van der Waals surface area contributed by atoms with Crippen molar-refractivity contribution in [3.63, 3.8) is 0 Å². The van der Waals surface area contributed by atoms with Crippen molar-refractivity contribution in [2.75, 3.05) is 52.5 Å². The Morgan fingerprint density at radius 2 is 1.87 bits per heavy atom. The Kier molecular flexibility index (Phi) is 11.3. The fraction of sp³-hybridized carbons (Fsp3) is 0.514. The lowest BCUT2D eigenvalue weighted by molar-refractivity contribution is -0.144. The van der Waals surface area contributed by atoms with E-state index < -0.39 is 18.0 Å². The number of morpholine rings is 1. The summed E-state index contributed by atoms with van der Waals surface area (Å²) in [6.45, 7) is 11.6. The molecule has 0 radical (unpaired) electrons. The van der Waals surface area contributed by atoms with Crippen molar-refractivity contribution in [2.24, 2.45) is 5.92 Å². The fourth-order valence-corrected chi connectivity index (χ4v) is 6.15. The van der Waals surface area contributed by atoms with Crippen LogP contribution in [0.2, 0.25) is 0 Å². The van der Waals surface area contributed by atoms with Gasteiger partial charge >= 0.3 is 0 Å². The molecule has 10 nitrogen and oxygen atoms in total. The summed E-state index contributed by atoms with van der Waals surface area (Å²) in [6, 6.07) is 15.1. The fourth-order valence-electron chi connectivity index (χ4n) is 6.15. The molecule has 0 saturated carbocycles. The van der Waals surface area contributed by atoms with E-state index in [1.165, 1.54) is 0 Å². The molecular formula is C35H46N4O6. The van der Waals surface area contributed by atoms with Gasteiger partial charge in [0.1, 0.15) is 24.0 Å². The molecule has 2 unspecified atom stereocenters. The highest BCUT2D eigenvalue weighted by Gasteiger charge is 2.38. The van der Waals surface area contributed by atoms with Crippen molar-refractivity contribution >= 4 is 28.6 Å². The minimum Gasteiger partial charge on any atom is -0.492 e. The molecule has 3 atom stereocenters. The number of fused-ring (bicyclic) bond motifs is 1. The minimum absolute atomic E-state index is 0.0153. The van der Waals surface area contributed by atoms with Gasteiger partial charge in [0.25, 0.3) is 5.91 Å². The first-order chi connectivity index (χ1) is 21.8. The number of hydrogen-bond donors (Lipinski definition) is 2. The lowest BCUT2D eigenvalue weighted by Crippen LogP contribution is -2.55. The first-order valence-corrected chi connectivity index (χ1v) is 16.2. The van der Waals surface area contributed by atoms with Crippen LogP contribution in [0.4, 0.5) is 0 Å². The third-order valence-corrected chi connectivity index (χ3v) is 8.59. The van der Waals surface area contributed by atoms with Crippen molar-refractivity contribution < 1.29 is 28.3 Å². The summed E-state index contributed by atoms with van der Waals surface area (Å²) in [4.78, 5) is 45.3. The average Bonchev–Trinajstić information content (AvgIpc) is 3.36. The molecule has 3 aromatic rings. The van der Waals surface area contributed by atoms with Crippen LogP contribution in [-0.2, 0) is 14.3 Å². The van der Waals surface area contributed by atoms with Gasteiger partial charge in [0.15, 0.2) is 11.5 Å². The molecule has 2 N–H and O–H groups in total. The summed E-state index contributed by atoms with van der Waals surface area (Å²) in [5.74, 6) is 0.187. The molecule has 2 aliphatic rings. The van der Waals surface area contributed by atoms with E-state index in [1.54, 1.807) is 17.0 Å². The lowest BCUT2D eigenvalue weighted by Gasteiger charge is -2.38. The maximum atomic E-state index is 14.4. The molecule has 5 rings (SSSR count). The molecule has 3 heterocycles. The molecule has 242 valence electrons. The number of ether oxygens (including phenoxy) is 2. The van der Waals surface area contributed by atoms with Crippen molar-refractivity contribution in [1.29, 1.82) is 0 Å². The number of amides is 2. The number of nitrogens with one attached hydrogen (secondary N) is 2.